The highest BCUT2D eigenvalue weighted by atomic mass is 16.7. The van der Waals surface area contributed by atoms with Crippen LogP contribution in [0, 0.1) is 0 Å². The monoisotopic (exact) mass is 630 g/mol. The van der Waals surface area contributed by atoms with Crippen molar-refractivity contribution in [2.45, 2.75) is 12.1 Å². The summed E-state index contributed by atoms with van der Waals surface area (Å²) in [5, 5.41) is 43.1. The fourth-order valence-corrected chi connectivity index (χ4v) is 6.49. The van der Waals surface area contributed by atoms with Crippen LogP contribution in [-0.2, 0) is 0 Å². The van der Waals surface area contributed by atoms with Gasteiger partial charge in [-0.15, -0.1) is 0 Å². The van der Waals surface area contributed by atoms with Crippen LogP contribution in [0.3, 0.4) is 0 Å². The first-order chi connectivity index (χ1) is 22.3. The zero-order chi connectivity index (χ0) is 31.9. The van der Waals surface area contributed by atoms with Crippen molar-refractivity contribution in [3.8, 4) is 57.5 Å². The number of phenolic OH excluding ortho intramolecular Hbond substituents is 4. The van der Waals surface area contributed by atoms with Gasteiger partial charge in [-0.1, -0.05) is 12.1 Å². The molecule has 3 heterocycles. The standard InChI is InChI=1S/C34H34N2O10/c1-41-27-11-19(3-5-23(27)37)33(21-13-29-31(15-25(21)39)45-17-43-29)35-7-9-36(10-8-35)34(20-4-6-24(38)28(12-20)42-2)22-14-30-32(16-26(22)40)46-18-44-30/h3-6,11-16,33-34,37-40H,7-10,17-18H2,1-2H3/t33-,34-/m0/s1. The highest BCUT2D eigenvalue weighted by Crippen LogP contribution is 2.47. The maximum Gasteiger partial charge on any atom is 0.231 e. The van der Waals surface area contributed by atoms with Gasteiger partial charge in [0.1, 0.15) is 11.5 Å². The summed E-state index contributed by atoms with van der Waals surface area (Å²) >= 11 is 0. The summed E-state index contributed by atoms with van der Waals surface area (Å²) in [6.07, 6.45) is 0. The molecule has 4 aromatic carbocycles. The lowest BCUT2D eigenvalue weighted by Crippen LogP contribution is -2.49. The minimum absolute atomic E-state index is 0.0143. The van der Waals surface area contributed by atoms with Crippen LogP contribution < -0.4 is 28.4 Å². The zero-order valence-corrected chi connectivity index (χ0v) is 25.3. The van der Waals surface area contributed by atoms with Gasteiger partial charge in [-0.05, 0) is 47.5 Å². The Morgan fingerprint density at radius 3 is 1.26 bits per heavy atom. The first kappa shape index (κ1) is 29.5. The van der Waals surface area contributed by atoms with E-state index in [9.17, 15) is 20.4 Å². The topological polar surface area (TPSA) is 143 Å². The Morgan fingerprint density at radius 1 is 0.522 bits per heavy atom. The molecule has 0 aromatic heterocycles. The van der Waals surface area contributed by atoms with E-state index in [1.807, 2.05) is 12.1 Å². The van der Waals surface area contributed by atoms with Crippen LogP contribution in [0.5, 0.6) is 57.5 Å². The fourth-order valence-electron chi connectivity index (χ4n) is 6.49. The number of aromatic hydroxyl groups is 4. The Morgan fingerprint density at radius 2 is 0.891 bits per heavy atom. The van der Waals surface area contributed by atoms with Crippen molar-refractivity contribution in [3.63, 3.8) is 0 Å². The largest absolute Gasteiger partial charge is 0.507 e. The van der Waals surface area contributed by atoms with E-state index in [0.717, 1.165) is 11.1 Å². The molecule has 3 aliphatic rings. The quantitative estimate of drug-likeness (QED) is 0.218. The number of nitrogens with zero attached hydrogens (tertiary/aromatic N) is 2. The van der Waals surface area contributed by atoms with Crippen molar-refractivity contribution in [3.05, 3.63) is 82.9 Å². The predicted molar refractivity (Wildman–Crippen MR) is 165 cm³/mol. The predicted octanol–water partition coefficient (Wildman–Crippen LogP) is 4.48. The van der Waals surface area contributed by atoms with Gasteiger partial charge in [0.2, 0.25) is 13.6 Å². The van der Waals surface area contributed by atoms with Gasteiger partial charge in [-0.2, -0.15) is 0 Å². The molecule has 0 bridgehead atoms. The number of hydrogen-bond acceptors (Lipinski definition) is 12. The molecule has 0 amide bonds. The molecule has 1 fully saturated rings. The number of hydrogen-bond donors (Lipinski definition) is 4. The molecular formula is C34H34N2O10. The fraction of sp³-hybridized carbons (Fsp3) is 0.294. The van der Waals surface area contributed by atoms with E-state index in [0.29, 0.717) is 71.8 Å². The number of piperazine rings is 1. The molecule has 12 heteroatoms. The van der Waals surface area contributed by atoms with Gasteiger partial charge in [-0.3, -0.25) is 9.80 Å². The summed E-state index contributed by atoms with van der Waals surface area (Å²) in [4.78, 5) is 4.49. The highest BCUT2D eigenvalue weighted by Gasteiger charge is 2.35. The van der Waals surface area contributed by atoms with Crippen LogP contribution in [-0.4, -0.2) is 84.2 Å². The molecule has 240 valence electrons. The van der Waals surface area contributed by atoms with E-state index in [-0.39, 0.29) is 36.6 Å². The molecule has 12 nitrogen and oxygen atoms in total. The van der Waals surface area contributed by atoms with Crippen LogP contribution in [0.2, 0.25) is 0 Å². The normalized spacial score (nSPS) is 17.1. The lowest BCUT2D eigenvalue weighted by Gasteiger charge is -2.43. The number of rotatable bonds is 8. The Bertz CT molecular complexity index is 1640. The Kier molecular flexibility index (Phi) is 7.67. The lowest BCUT2D eigenvalue weighted by atomic mass is 9.92. The van der Waals surface area contributed by atoms with Crippen molar-refractivity contribution in [2.75, 3.05) is 54.0 Å². The Hall–Kier alpha value is -5.20. The van der Waals surface area contributed by atoms with Gasteiger partial charge in [-0.25, -0.2) is 0 Å². The minimum atomic E-state index is -0.419. The molecule has 4 N–H and O–H groups in total. The molecule has 4 aromatic rings. The third-order valence-corrected chi connectivity index (χ3v) is 8.75. The second-order valence-corrected chi connectivity index (χ2v) is 11.3. The van der Waals surface area contributed by atoms with Crippen LogP contribution in [0.4, 0.5) is 0 Å². The van der Waals surface area contributed by atoms with Crippen molar-refractivity contribution < 1.29 is 48.8 Å². The third kappa shape index (κ3) is 5.25. The first-order valence-electron chi connectivity index (χ1n) is 14.8. The summed E-state index contributed by atoms with van der Waals surface area (Å²) in [5.74, 6) is 2.82. The van der Waals surface area contributed by atoms with Crippen molar-refractivity contribution >= 4 is 0 Å². The zero-order valence-electron chi connectivity index (χ0n) is 25.3. The number of ether oxygens (including phenoxy) is 6. The van der Waals surface area contributed by atoms with Crippen molar-refractivity contribution in [1.29, 1.82) is 0 Å². The molecule has 0 aliphatic carbocycles. The molecule has 0 spiro atoms. The number of phenols is 4. The highest BCUT2D eigenvalue weighted by molar-refractivity contribution is 5.57. The van der Waals surface area contributed by atoms with Gasteiger partial charge >= 0.3 is 0 Å². The molecule has 0 saturated carbocycles. The number of methoxy groups -OCH3 is 2. The molecule has 0 unspecified atom stereocenters. The van der Waals surface area contributed by atoms with E-state index >= 15 is 0 Å². The average Bonchev–Trinajstić information content (AvgIpc) is 3.72. The summed E-state index contributed by atoms with van der Waals surface area (Å²) in [6, 6.07) is 16.2. The minimum Gasteiger partial charge on any atom is -0.507 e. The molecule has 2 atom stereocenters. The number of fused-ring (bicyclic) bond motifs is 2. The van der Waals surface area contributed by atoms with Gasteiger partial charge in [0.15, 0.2) is 46.0 Å². The Labute approximate surface area is 265 Å². The van der Waals surface area contributed by atoms with E-state index in [2.05, 4.69) is 9.80 Å². The molecule has 1 saturated heterocycles. The van der Waals surface area contributed by atoms with Gasteiger partial charge in [0, 0.05) is 49.4 Å². The lowest BCUT2D eigenvalue weighted by molar-refractivity contribution is 0.0881. The average molecular weight is 631 g/mol. The van der Waals surface area contributed by atoms with Gasteiger partial charge in [0.05, 0.1) is 26.3 Å². The van der Waals surface area contributed by atoms with Crippen LogP contribution >= 0.6 is 0 Å². The summed E-state index contributed by atoms with van der Waals surface area (Å²) in [6.45, 7) is 2.42. The van der Waals surface area contributed by atoms with Crippen LogP contribution in [0.1, 0.15) is 34.3 Å². The molecule has 3 aliphatic heterocycles. The van der Waals surface area contributed by atoms with E-state index in [1.54, 1.807) is 48.5 Å². The molecule has 7 rings (SSSR count). The van der Waals surface area contributed by atoms with Gasteiger partial charge in [0.25, 0.3) is 0 Å². The van der Waals surface area contributed by atoms with E-state index < -0.39 is 12.1 Å². The molecule has 0 radical (unpaired) electrons. The van der Waals surface area contributed by atoms with Crippen molar-refractivity contribution in [1.82, 2.24) is 9.80 Å². The second kappa shape index (κ2) is 12.0. The number of benzene rings is 4. The molecular weight excluding hydrogens is 596 g/mol. The maximum absolute atomic E-state index is 11.2. The molecule has 46 heavy (non-hydrogen) atoms. The van der Waals surface area contributed by atoms with Crippen molar-refractivity contribution in [2.24, 2.45) is 0 Å². The third-order valence-electron chi connectivity index (χ3n) is 8.75. The van der Waals surface area contributed by atoms with E-state index in [4.69, 9.17) is 28.4 Å². The second-order valence-electron chi connectivity index (χ2n) is 11.3. The summed E-state index contributed by atoms with van der Waals surface area (Å²) in [5.41, 5.74) is 2.87. The first-order valence-corrected chi connectivity index (χ1v) is 14.8. The van der Waals surface area contributed by atoms with Crippen LogP contribution in [0.15, 0.2) is 60.7 Å². The van der Waals surface area contributed by atoms with Crippen LogP contribution in [0.25, 0.3) is 0 Å². The summed E-state index contributed by atoms with van der Waals surface area (Å²) in [7, 11) is 2.99. The SMILES string of the molecule is COc1cc([C@@H](c2cc3c(cc2O)OCO3)N2CCN([C@@H](c3ccc(O)c(OC)c3)c3cc4c(cc3O)OCO4)CC2)ccc1O. The Balaban J connectivity index is 1.25. The maximum atomic E-state index is 11.2. The summed E-state index contributed by atoms with van der Waals surface area (Å²) < 4.78 is 33.1. The van der Waals surface area contributed by atoms with E-state index in [1.165, 1.54) is 14.2 Å². The van der Waals surface area contributed by atoms with Gasteiger partial charge < -0.3 is 48.8 Å². The smallest absolute Gasteiger partial charge is 0.231 e.